The van der Waals surface area contributed by atoms with Crippen LogP contribution in [0.3, 0.4) is 0 Å². The van der Waals surface area contributed by atoms with Gasteiger partial charge in [0.15, 0.2) is 0 Å². The maximum Gasteiger partial charge on any atom is 0.270 e. The van der Waals surface area contributed by atoms with Gasteiger partial charge in [-0.05, 0) is 18.2 Å². The van der Waals surface area contributed by atoms with E-state index in [1.807, 2.05) is 18.2 Å². The molecule has 0 aliphatic rings. The summed E-state index contributed by atoms with van der Waals surface area (Å²) in [5, 5.41) is 11.3. The van der Waals surface area contributed by atoms with E-state index in [9.17, 15) is 10.1 Å². The molecular formula is C15H14BrNO3S. The third-order valence-corrected chi connectivity index (χ3v) is 4.33. The number of rotatable bonds is 7. The number of hydrogen-bond donors (Lipinski definition) is 0. The van der Waals surface area contributed by atoms with Crippen molar-refractivity contribution in [2.45, 2.75) is 10.2 Å². The maximum atomic E-state index is 10.7. The molecule has 21 heavy (non-hydrogen) atoms. The van der Waals surface area contributed by atoms with E-state index < -0.39 is 4.92 Å². The predicted molar refractivity (Wildman–Crippen MR) is 88.4 cm³/mol. The monoisotopic (exact) mass is 367 g/mol. The van der Waals surface area contributed by atoms with Crippen LogP contribution in [-0.4, -0.2) is 17.3 Å². The van der Waals surface area contributed by atoms with Gasteiger partial charge in [-0.2, -0.15) is 0 Å². The van der Waals surface area contributed by atoms with Gasteiger partial charge in [-0.15, -0.1) is 11.8 Å². The molecule has 0 saturated heterocycles. The quantitative estimate of drug-likeness (QED) is 0.235. The molecule has 0 aromatic heterocycles. The van der Waals surface area contributed by atoms with Crippen LogP contribution in [0.1, 0.15) is 5.56 Å². The van der Waals surface area contributed by atoms with Crippen molar-refractivity contribution < 1.29 is 9.66 Å². The minimum absolute atomic E-state index is 0.0791. The van der Waals surface area contributed by atoms with Crippen LogP contribution >= 0.6 is 27.7 Å². The lowest BCUT2D eigenvalue weighted by Gasteiger charge is -2.09. The summed E-state index contributed by atoms with van der Waals surface area (Å²) in [5.41, 5.74) is 0.865. The fraction of sp³-hybridized carbons (Fsp3) is 0.200. The zero-order valence-corrected chi connectivity index (χ0v) is 13.6. The summed E-state index contributed by atoms with van der Waals surface area (Å²) in [6, 6.07) is 14.8. The van der Waals surface area contributed by atoms with Crippen molar-refractivity contribution in [3.8, 4) is 5.75 Å². The molecule has 6 heteroatoms. The molecule has 4 nitrogen and oxygen atoms in total. The second-order valence-electron chi connectivity index (χ2n) is 4.19. The molecule has 2 aromatic rings. The first-order valence-electron chi connectivity index (χ1n) is 6.34. The number of non-ortho nitro benzene ring substituents is 1. The van der Waals surface area contributed by atoms with Gasteiger partial charge in [-0.1, -0.05) is 34.1 Å². The summed E-state index contributed by atoms with van der Waals surface area (Å²) in [6.45, 7) is 0.553. The van der Waals surface area contributed by atoms with Gasteiger partial charge in [-0.3, -0.25) is 10.1 Å². The first-order chi connectivity index (χ1) is 10.2. The summed E-state index contributed by atoms with van der Waals surface area (Å²) in [6.07, 6.45) is 0. The smallest absolute Gasteiger partial charge is 0.270 e. The van der Waals surface area contributed by atoms with E-state index in [0.29, 0.717) is 17.7 Å². The molecule has 0 spiro atoms. The number of nitro benzene ring substituents is 1. The van der Waals surface area contributed by atoms with Crippen LogP contribution in [0, 0.1) is 10.1 Å². The van der Waals surface area contributed by atoms with E-state index >= 15 is 0 Å². The van der Waals surface area contributed by atoms with Crippen molar-refractivity contribution in [3.05, 3.63) is 64.2 Å². The molecule has 0 unspecified atom stereocenters. The number of hydrogen-bond acceptors (Lipinski definition) is 4. The minimum Gasteiger partial charge on any atom is -0.492 e. The standard InChI is InChI=1S/C15H14BrNO3S/c16-11-12-10-13(17(18)19)6-7-15(12)20-8-9-21-14-4-2-1-3-5-14/h1-7,10H,8-9,11H2. The zero-order chi connectivity index (χ0) is 15.1. The van der Waals surface area contributed by atoms with Crippen molar-refractivity contribution in [1.82, 2.24) is 0 Å². The molecule has 0 fully saturated rings. The van der Waals surface area contributed by atoms with Crippen LogP contribution in [0.2, 0.25) is 0 Å². The van der Waals surface area contributed by atoms with Gasteiger partial charge in [0, 0.05) is 33.7 Å². The Morgan fingerprint density at radius 1 is 1.19 bits per heavy atom. The van der Waals surface area contributed by atoms with Crippen LogP contribution in [0.15, 0.2) is 53.4 Å². The maximum absolute atomic E-state index is 10.7. The van der Waals surface area contributed by atoms with Gasteiger partial charge < -0.3 is 4.74 Å². The fourth-order valence-corrected chi connectivity index (χ4v) is 2.94. The molecule has 0 N–H and O–H groups in total. The van der Waals surface area contributed by atoms with Crippen LogP contribution < -0.4 is 4.74 Å². The van der Waals surface area contributed by atoms with Crippen molar-refractivity contribution in [1.29, 1.82) is 0 Å². The lowest BCUT2D eigenvalue weighted by Crippen LogP contribution is -2.02. The molecule has 2 aromatic carbocycles. The van der Waals surface area contributed by atoms with Gasteiger partial charge >= 0.3 is 0 Å². The van der Waals surface area contributed by atoms with E-state index in [-0.39, 0.29) is 5.69 Å². The number of halogens is 1. The molecular weight excluding hydrogens is 354 g/mol. The van der Waals surface area contributed by atoms with Crippen LogP contribution in [0.4, 0.5) is 5.69 Å². The van der Waals surface area contributed by atoms with Crippen LogP contribution in [0.25, 0.3) is 0 Å². The molecule has 0 saturated carbocycles. The predicted octanol–water partition coefficient (Wildman–Crippen LogP) is 4.66. The molecule has 0 radical (unpaired) electrons. The Bertz CT molecular complexity index is 607. The second kappa shape index (κ2) is 8.05. The summed E-state index contributed by atoms with van der Waals surface area (Å²) in [4.78, 5) is 11.5. The highest BCUT2D eigenvalue weighted by atomic mass is 79.9. The molecule has 0 heterocycles. The number of ether oxygens (including phenoxy) is 1. The van der Waals surface area contributed by atoms with Crippen molar-refractivity contribution in [2.75, 3.05) is 12.4 Å². The lowest BCUT2D eigenvalue weighted by atomic mass is 10.2. The average Bonchev–Trinajstić information content (AvgIpc) is 2.52. The Morgan fingerprint density at radius 2 is 1.95 bits per heavy atom. The molecule has 0 bridgehead atoms. The largest absolute Gasteiger partial charge is 0.492 e. The molecule has 0 atom stereocenters. The van der Waals surface area contributed by atoms with Gasteiger partial charge in [0.05, 0.1) is 11.5 Å². The van der Waals surface area contributed by atoms with Gasteiger partial charge in [-0.25, -0.2) is 0 Å². The van der Waals surface area contributed by atoms with Crippen LogP contribution in [-0.2, 0) is 5.33 Å². The summed E-state index contributed by atoms with van der Waals surface area (Å²) in [7, 11) is 0. The average molecular weight is 368 g/mol. The Morgan fingerprint density at radius 3 is 2.62 bits per heavy atom. The second-order valence-corrected chi connectivity index (χ2v) is 5.92. The van der Waals surface area contributed by atoms with E-state index in [1.54, 1.807) is 17.8 Å². The Kier molecular flexibility index (Phi) is 6.07. The van der Waals surface area contributed by atoms with E-state index in [2.05, 4.69) is 28.1 Å². The third-order valence-electron chi connectivity index (χ3n) is 2.75. The van der Waals surface area contributed by atoms with Crippen molar-refractivity contribution in [3.63, 3.8) is 0 Å². The van der Waals surface area contributed by atoms with Gasteiger partial charge in [0.1, 0.15) is 5.75 Å². The number of nitro groups is 1. The Balaban J connectivity index is 1.89. The van der Waals surface area contributed by atoms with Crippen molar-refractivity contribution in [2.24, 2.45) is 0 Å². The summed E-state index contributed by atoms with van der Waals surface area (Å²) < 4.78 is 5.71. The van der Waals surface area contributed by atoms with E-state index in [0.717, 1.165) is 11.3 Å². The topological polar surface area (TPSA) is 52.4 Å². The zero-order valence-electron chi connectivity index (χ0n) is 11.2. The van der Waals surface area contributed by atoms with Gasteiger partial charge in [0.2, 0.25) is 0 Å². The van der Waals surface area contributed by atoms with E-state index in [1.165, 1.54) is 17.0 Å². The van der Waals surface area contributed by atoms with Crippen LogP contribution in [0.5, 0.6) is 5.75 Å². The lowest BCUT2D eigenvalue weighted by molar-refractivity contribution is -0.384. The highest BCUT2D eigenvalue weighted by Gasteiger charge is 2.10. The van der Waals surface area contributed by atoms with Crippen molar-refractivity contribution >= 4 is 33.4 Å². The van der Waals surface area contributed by atoms with Gasteiger partial charge in [0.25, 0.3) is 5.69 Å². The first-order valence-corrected chi connectivity index (χ1v) is 8.45. The molecule has 0 aliphatic heterocycles. The number of alkyl halides is 1. The molecule has 2 rings (SSSR count). The molecule has 110 valence electrons. The number of benzene rings is 2. The normalized spacial score (nSPS) is 10.3. The highest BCUT2D eigenvalue weighted by Crippen LogP contribution is 2.26. The first kappa shape index (κ1) is 15.9. The van der Waals surface area contributed by atoms with E-state index in [4.69, 9.17) is 4.74 Å². The SMILES string of the molecule is O=[N+]([O-])c1ccc(OCCSc2ccccc2)c(CBr)c1. The molecule has 0 amide bonds. The molecule has 0 aliphatic carbocycles. The Labute approximate surface area is 135 Å². The summed E-state index contributed by atoms with van der Waals surface area (Å²) >= 11 is 5.05. The highest BCUT2D eigenvalue weighted by molar-refractivity contribution is 9.08. The fourth-order valence-electron chi connectivity index (χ4n) is 1.75. The number of thioether (sulfide) groups is 1. The third kappa shape index (κ3) is 4.75. The number of nitrogens with zero attached hydrogens (tertiary/aromatic N) is 1. The Hall–Kier alpha value is -1.53. The minimum atomic E-state index is -0.402. The summed E-state index contributed by atoms with van der Waals surface area (Å²) in [5.74, 6) is 1.51.